The molecule has 0 N–H and O–H groups in total. The molecule has 1 amide bonds. The molecule has 2 aliphatic heterocycles. The van der Waals surface area contributed by atoms with Crippen molar-refractivity contribution >= 4 is 16.8 Å². The maximum absolute atomic E-state index is 12.8. The molecule has 7 heteroatoms. The van der Waals surface area contributed by atoms with Gasteiger partial charge in [0.05, 0.1) is 0 Å². The average Bonchev–Trinajstić information content (AvgIpc) is 3.18. The third-order valence-corrected chi connectivity index (χ3v) is 5.24. The standard InChI is InChI=1S/C18H20F3N3O/c19-18(20,21)12-24-7-5-13-10-14(3-4-16(13)24)17(25)23-9-8-22-6-1-2-15(22)11-23/h3-5,7,10,15H,1-2,6,8-9,11-12H2. The SMILES string of the molecule is O=C(c1ccc2c(ccn2CC(F)(F)F)c1)N1CCN2CCCC2C1. The lowest BCUT2D eigenvalue weighted by Gasteiger charge is -2.37. The number of halogens is 3. The van der Waals surface area contributed by atoms with Gasteiger partial charge in [-0.3, -0.25) is 9.69 Å². The fourth-order valence-corrected chi connectivity index (χ4v) is 4.02. The summed E-state index contributed by atoms with van der Waals surface area (Å²) in [7, 11) is 0. The van der Waals surface area contributed by atoms with E-state index >= 15 is 0 Å². The molecule has 1 atom stereocenters. The molecule has 1 aromatic carbocycles. The number of nitrogens with zero attached hydrogens (tertiary/aromatic N) is 3. The van der Waals surface area contributed by atoms with Crippen LogP contribution in [0, 0.1) is 0 Å². The lowest BCUT2D eigenvalue weighted by molar-refractivity contribution is -0.139. The molecule has 25 heavy (non-hydrogen) atoms. The Morgan fingerprint density at radius 2 is 2.00 bits per heavy atom. The first-order valence-corrected chi connectivity index (χ1v) is 8.60. The number of rotatable bonds is 2. The molecular formula is C18H20F3N3O. The molecule has 3 heterocycles. The van der Waals surface area contributed by atoms with E-state index in [9.17, 15) is 18.0 Å². The Hall–Kier alpha value is -2.02. The quantitative estimate of drug-likeness (QED) is 0.832. The molecule has 134 valence electrons. The van der Waals surface area contributed by atoms with Gasteiger partial charge in [-0.05, 0) is 43.7 Å². The Kier molecular flexibility index (Phi) is 3.98. The van der Waals surface area contributed by atoms with Crippen molar-refractivity contribution < 1.29 is 18.0 Å². The van der Waals surface area contributed by atoms with Gasteiger partial charge >= 0.3 is 6.18 Å². The molecule has 4 rings (SSSR count). The molecule has 2 saturated heterocycles. The molecular weight excluding hydrogens is 331 g/mol. The van der Waals surface area contributed by atoms with Gasteiger partial charge in [-0.25, -0.2) is 0 Å². The summed E-state index contributed by atoms with van der Waals surface area (Å²) in [5.74, 6) is -0.0305. The van der Waals surface area contributed by atoms with E-state index in [-0.39, 0.29) is 5.91 Å². The lowest BCUT2D eigenvalue weighted by atomic mass is 10.1. The first-order chi connectivity index (χ1) is 11.9. The molecule has 0 spiro atoms. The monoisotopic (exact) mass is 351 g/mol. The number of fused-ring (bicyclic) bond motifs is 2. The van der Waals surface area contributed by atoms with E-state index in [2.05, 4.69) is 4.90 Å². The molecule has 0 bridgehead atoms. The molecule has 4 nitrogen and oxygen atoms in total. The van der Waals surface area contributed by atoms with Crippen molar-refractivity contribution in [3.05, 3.63) is 36.0 Å². The summed E-state index contributed by atoms with van der Waals surface area (Å²) in [5, 5.41) is 0.662. The molecule has 0 aliphatic carbocycles. The van der Waals surface area contributed by atoms with Gasteiger partial charge in [0, 0.05) is 48.3 Å². The van der Waals surface area contributed by atoms with Crippen LogP contribution < -0.4 is 0 Å². The van der Waals surface area contributed by atoms with Gasteiger partial charge in [-0.1, -0.05) is 0 Å². The number of carbonyl (C=O) groups is 1. The normalized spacial score (nSPS) is 21.7. The molecule has 2 fully saturated rings. The minimum absolute atomic E-state index is 0.0305. The van der Waals surface area contributed by atoms with E-state index in [1.54, 1.807) is 24.3 Å². The van der Waals surface area contributed by atoms with Crippen molar-refractivity contribution in [1.29, 1.82) is 0 Å². The molecule has 2 aliphatic rings. The number of piperazine rings is 1. The summed E-state index contributed by atoms with van der Waals surface area (Å²) >= 11 is 0. The van der Waals surface area contributed by atoms with E-state index < -0.39 is 12.7 Å². The molecule has 0 saturated carbocycles. The fraction of sp³-hybridized carbons (Fsp3) is 0.500. The summed E-state index contributed by atoms with van der Waals surface area (Å²) in [6.45, 7) is 2.45. The Balaban J connectivity index is 1.54. The predicted octanol–water partition coefficient (Wildman–Crippen LogP) is 3.12. The fourth-order valence-electron chi connectivity index (χ4n) is 4.02. The largest absolute Gasteiger partial charge is 0.406 e. The molecule has 1 aromatic heterocycles. The highest BCUT2D eigenvalue weighted by molar-refractivity contribution is 5.98. The second-order valence-corrected chi connectivity index (χ2v) is 6.92. The average molecular weight is 351 g/mol. The Morgan fingerprint density at radius 1 is 1.16 bits per heavy atom. The number of amides is 1. The summed E-state index contributed by atoms with van der Waals surface area (Å²) in [5.41, 5.74) is 1.04. The summed E-state index contributed by atoms with van der Waals surface area (Å²) in [6.07, 6.45) is -0.528. The summed E-state index contributed by atoms with van der Waals surface area (Å²) < 4.78 is 39.0. The van der Waals surface area contributed by atoms with Gasteiger partial charge < -0.3 is 9.47 Å². The number of hydrogen-bond donors (Lipinski definition) is 0. The zero-order valence-electron chi connectivity index (χ0n) is 13.8. The van der Waals surface area contributed by atoms with Gasteiger partial charge in [0.15, 0.2) is 0 Å². The number of alkyl halides is 3. The number of aromatic nitrogens is 1. The Bertz CT molecular complexity index is 798. The molecule has 1 unspecified atom stereocenters. The highest BCUT2D eigenvalue weighted by Crippen LogP contribution is 2.26. The second kappa shape index (κ2) is 6.05. The zero-order valence-corrected chi connectivity index (χ0v) is 13.8. The van der Waals surface area contributed by atoms with Crippen LogP contribution in [0.4, 0.5) is 13.2 Å². The van der Waals surface area contributed by atoms with E-state index in [4.69, 9.17) is 0 Å². The van der Waals surface area contributed by atoms with Crippen molar-refractivity contribution in [2.24, 2.45) is 0 Å². The first-order valence-electron chi connectivity index (χ1n) is 8.60. The van der Waals surface area contributed by atoms with Crippen molar-refractivity contribution in [2.45, 2.75) is 31.6 Å². The summed E-state index contributed by atoms with van der Waals surface area (Å²) in [4.78, 5) is 17.1. The third kappa shape index (κ3) is 3.25. The van der Waals surface area contributed by atoms with Gasteiger partial charge in [0.2, 0.25) is 0 Å². The van der Waals surface area contributed by atoms with Crippen molar-refractivity contribution in [2.75, 3.05) is 26.2 Å². The van der Waals surface area contributed by atoms with Crippen LogP contribution in [0.2, 0.25) is 0 Å². The Labute approximate surface area is 143 Å². The van der Waals surface area contributed by atoms with Crippen LogP contribution in [-0.4, -0.2) is 58.7 Å². The smallest absolute Gasteiger partial charge is 0.338 e. The van der Waals surface area contributed by atoms with Crippen LogP contribution in [0.25, 0.3) is 10.9 Å². The maximum Gasteiger partial charge on any atom is 0.406 e. The van der Waals surface area contributed by atoms with Crippen molar-refractivity contribution in [1.82, 2.24) is 14.4 Å². The van der Waals surface area contributed by atoms with Gasteiger partial charge in [0.25, 0.3) is 5.91 Å². The molecule has 0 radical (unpaired) electrons. The van der Waals surface area contributed by atoms with Gasteiger partial charge in [-0.15, -0.1) is 0 Å². The van der Waals surface area contributed by atoms with Crippen LogP contribution in [-0.2, 0) is 6.54 Å². The van der Waals surface area contributed by atoms with Crippen LogP contribution in [0.3, 0.4) is 0 Å². The van der Waals surface area contributed by atoms with Crippen LogP contribution in [0.15, 0.2) is 30.5 Å². The zero-order chi connectivity index (χ0) is 17.6. The summed E-state index contributed by atoms with van der Waals surface area (Å²) in [6, 6.07) is 7.03. The minimum atomic E-state index is -4.26. The lowest BCUT2D eigenvalue weighted by Crippen LogP contribution is -2.52. The van der Waals surface area contributed by atoms with E-state index in [0.717, 1.165) is 26.1 Å². The van der Waals surface area contributed by atoms with Crippen molar-refractivity contribution in [3.63, 3.8) is 0 Å². The topological polar surface area (TPSA) is 28.5 Å². The van der Waals surface area contributed by atoms with Crippen LogP contribution >= 0.6 is 0 Å². The highest BCUT2D eigenvalue weighted by Gasteiger charge is 2.33. The Morgan fingerprint density at radius 3 is 2.80 bits per heavy atom. The van der Waals surface area contributed by atoms with Gasteiger partial charge in [-0.2, -0.15) is 13.2 Å². The molecule has 2 aromatic rings. The third-order valence-electron chi connectivity index (χ3n) is 5.24. The second-order valence-electron chi connectivity index (χ2n) is 6.92. The van der Waals surface area contributed by atoms with Gasteiger partial charge in [0.1, 0.15) is 6.54 Å². The maximum atomic E-state index is 12.8. The number of hydrogen-bond acceptors (Lipinski definition) is 2. The van der Waals surface area contributed by atoms with Crippen LogP contribution in [0.5, 0.6) is 0 Å². The number of carbonyl (C=O) groups excluding carboxylic acids is 1. The van der Waals surface area contributed by atoms with Crippen LogP contribution in [0.1, 0.15) is 23.2 Å². The van der Waals surface area contributed by atoms with E-state index in [1.165, 1.54) is 17.2 Å². The predicted molar refractivity (Wildman–Crippen MR) is 88.5 cm³/mol. The minimum Gasteiger partial charge on any atom is -0.338 e. The van der Waals surface area contributed by atoms with E-state index in [0.29, 0.717) is 29.1 Å². The van der Waals surface area contributed by atoms with E-state index in [1.807, 2.05) is 4.90 Å². The highest BCUT2D eigenvalue weighted by atomic mass is 19.4. The van der Waals surface area contributed by atoms with Crippen molar-refractivity contribution in [3.8, 4) is 0 Å². The first kappa shape index (κ1) is 16.4. The number of benzene rings is 1.